The Kier molecular flexibility index (Phi) is 4.58. The van der Waals surface area contributed by atoms with Gasteiger partial charge in [0.1, 0.15) is 0 Å². The number of halogens is 1. The van der Waals surface area contributed by atoms with Gasteiger partial charge in [-0.3, -0.25) is 0 Å². The van der Waals surface area contributed by atoms with Gasteiger partial charge in [-0.25, -0.2) is 0 Å². The molecule has 6 heteroatoms. The molecule has 1 unspecified atom stereocenters. The van der Waals surface area contributed by atoms with Gasteiger partial charge in [0, 0.05) is 19.6 Å². The Morgan fingerprint density at radius 3 is 2.94 bits per heavy atom. The van der Waals surface area contributed by atoms with E-state index in [4.69, 9.17) is 11.6 Å². The SMILES string of the molecule is CCCNc1nc(Cl)nc(N2CCCC(C)C2)n1. The lowest BCUT2D eigenvalue weighted by atomic mass is 10.0. The molecular weight excluding hydrogens is 250 g/mol. The van der Waals surface area contributed by atoms with E-state index in [0.717, 1.165) is 26.1 Å². The molecule has 1 atom stereocenters. The van der Waals surface area contributed by atoms with Crippen LogP contribution in [0.5, 0.6) is 0 Å². The van der Waals surface area contributed by atoms with Gasteiger partial charge >= 0.3 is 0 Å². The number of hydrogen-bond acceptors (Lipinski definition) is 5. The summed E-state index contributed by atoms with van der Waals surface area (Å²) in [5, 5.41) is 3.41. The second kappa shape index (κ2) is 6.18. The molecule has 1 aromatic rings. The highest BCUT2D eigenvalue weighted by Gasteiger charge is 2.19. The van der Waals surface area contributed by atoms with Gasteiger partial charge in [0.25, 0.3) is 0 Å². The first kappa shape index (κ1) is 13.3. The summed E-state index contributed by atoms with van der Waals surface area (Å²) >= 11 is 5.96. The zero-order valence-corrected chi connectivity index (χ0v) is 11.7. The van der Waals surface area contributed by atoms with Gasteiger partial charge in [-0.15, -0.1) is 0 Å². The molecular formula is C12H20ClN5. The van der Waals surface area contributed by atoms with E-state index in [1.54, 1.807) is 0 Å². The van der Waals surface area contributed by atoms with Crippen LogP contribution in [-0.4, -0.2) is 34.6 Å². The topological polar surface area (TPSA) is 53.9 Å². The second-order valence-electron chi connectivity index (χ2n) is 4.85. The lowest BCUT2D eigenvalue weighted by Gasteiger charge is -2.30. The molecule has 1 saturated heterocycles. The molecule has 0 bridgehead atoms. The first-order valence-corrected chi connectivity index (χ1v) is 6.97. The molecule has 0 spiro atoms. The van der Waals surface area contributed by atoms with Crippen LogP contribution in [0, 0.1) is 5.92 Å². The van der Waals surface area contributed by atoms with Crippen LogP contribution in [0.4, 0.5) is 11.9 Å². The van der Waals surface area contributed by atoms with Crippen LogP contribution in [0.1, 0.15) is 33.1 Å². The molecule has 0 aromatic carbocycles. The number of rotatable bonds is 4. The van der Waals surface area contributed by atoms with Crippen molar-refractivity contribution in [3.05, 3.63) is 5.28 Å². The average Bonchev–Trinajstić information content (AvgIpc) is 2.36. The van der Waals surface area contributed by atoms with Crippen molar-refractivity contribution in [3.8, 4) is 0 Å². The highest BCUT2D eigenvalue weighted by molar-refractivity contribution is 6.28. The Morgan fingerprint density at radius 1 is 1.39 bits per heavy atom. The van der Waals surface area contributed by atoms with E-state index in [-0.39, 0.29) is 5.28 Å². The Labute approximate surface area is 113 Å². The molecule has 0 radical (unpaired) electrons. The third kappa shape index (κ3) is 3.45. The fourth-order valence-corrected chi connectivity index (χ4v) is 2.32. The van der Waals surface area contributed by atoms with Crippen molar-refractivity contribution in [2.45, 2.75) is 33.1 Å². The summed E-state index contributed by atoms with van der Waals surface area (Å²) in [4.78, 5) is 15.0. The van der Waals surface area contributed by atoms with E-state index >= 15 is 0 Å². The molecule has 1 aliphatic heterocycles. The van der Waals surface area contributed by atoms with Crippen LogP contribution in [0.2, 0.25) is 5.28 Å². The van der Waals surface area contributed by atoms with E-state index < -0.39 is 0 Å². The Morgan fingerprint density at radius 2 is 2.22 bits per heavy atom. The molecule has 0 amide bonds. The molecule has 0 saturated carbocycles. The predicted octanol–water partition coefficient (Wildman–Crippen LogP) is 2.58. The first-order chi connectivity index (χ1) is 8.69. The first-order valence-electron chi connectivity index (χ1n) is 6.59. The van der Waals surface area contributed by atoms with Gasteiger partial charge in [0.2, 0.25) is 17.2 Å². The molecule has 2 heterocycles. The summed E-state index contributed by atoms with van der Waals surface area (Å²) in [6, 6.07) is 0. The predicted molar refractivity (Wildman–Crippen MR) is 74.2 cm³/mol. The third-order valence-corrected chi connectivity index (χ3v) is 3.24. The maximum absolute atomic E-state index is 5.96. The van der Waals surface area contributed by atoms with E-state index in [9.17, 15) is 0 Å². The van der Waals surface area contributed by atoms with E-state index in [0.29, 0.717) is 17.8 Å². The number of aromatic nitrogens is 3. The molecule has 1 fully saturated rings. The van der Waals surface area contributed by atoms with E-state index in [1.165, 1.54) is 12.8 Å². The highest BCUT2D eigenvalue weighted by atomic mass is 35.5. The van der Waals surface area contributed by atoms with Crippen LogP contribution in [0.25, 0.3) is 0 Å². The van der Waals surface area contributed by atoms with Gasteiger partial charge in [-0.2, -0.15) is 15.0 Å². The summed E-state index contributed by atoms with van der Waals surface area (Å²) < 4.78 is 0. The Bertz CT molecular complexity index is 398. The highest BCUT2D eigenvalue weighted by Crippen LogP contribution is 2.21. The van der Waals surface area contributed by atoms with Gasteiger partial charge in [-0.05, 0) is 36.8 Å². The summed E-state index contributed by atoms with van der Waals surface area (Å²) in [7, 11) is 0. The molecule has 1 aliphatic rings. The lowest BCUT2D eigenvalue weighted by Crippen LogP contribution is -2.35. The van der Waals surface area contributed by atoms with Gasteiger partial charge < -0.3 is 10.2 Å². The van der Waals surface area contributed by atoms with Crippen molar-refractivity contribution < 1.29 is 0 Å². The van der Waals surface area contributed by atoms with E-state index in [2.05, 4.69) is 39.0 Å². The Balaban J connectivity index is 2.13. The number of nitrogens with one attached hydrogen (secondary N) is 1. The monoisotopic (exact) mass is 269 g/mol. The molecule has 5 nitrogen and oxygen atoms in total. The van der Waals surface area contributed by atoms with Crippen LogP contribution >= 0.6 is 11.6 Å². The molecule has 1 aromatic heterocycles. The van der Waals surface area contributed by atoms with Gasteiger partial charge in [0.15, 0.2) is 0 Å². The zero-order chi connectivity index (χ0) is 13.0. The van der Waals surface area contributed by atoms with Crippen molar-refractivity contribution in [3.63, 3.8) is 0 Å². The quantitative estimate of drug-likeness (QED) is 0.911. The van der Waals surface area contributed by atoms with Crippen molar-refractivity contribution >= 4 is 23.5 Å². The maximum Gasteiger partial charge on any atom is 0.231 e. The minimum absolute atomic E-state index is 0.261. The Hall–Kier alpha value is -1.10. The molecule has 0 aliphatic carbocycles. The summed E-state index contributed by atoms with van der Waals surface area (Å²) in [6.45, 7) is 7.19. The summed E-state index contributed by atoms with van der Waals surface area (Å²) in [5.74, 6) is 1.95. The summed E-state index contributed by atoms with van der Waals surface area (Å²) in [6.07, 6.45) is 3.48. The van der Waals surface area contributed by atoms with Crippen molar-refractivity contribution in [1.29, 1.82) is 0 Å². The molecule has 100 valence electrons. The van der Waals surface area contributed by atoms with Gasteiger partial charge in [-0.1, -0.05) is 13.8 Å². The largest absolute Gasteiger partial charge is 0.354 e. The van der Waals surface area contributed by atoms with Crippen molar-refractivity contribution in [2.24, 2.45) is 5.92 Å². The van der Waals surface area contributed by atoms with Crippen LogP contribution in [0.15, 0.2) is 0 Å². The number of piperidine rings is 1. The number of anilines is 2. The second-order valence-corrected chi connectivity index (χ2v) is 5.19. The summed E-state index contributed by atoms with van der Waals surface area (Å²) in [5.41, 5.74) is 0. The minimum atomic E-state index is 0.261. The van der Waals surface area contributed by atoms with Crippen molar-refractivity contribution in [1.82, 2.24) is 15.0 Å². The van der Waals surface area contributed by atoms with Crippen LogP contribution in [0.3, 0.4) is 0 Å². The molecule has 2 rings (SSSR count). The minimum Gasteiger partial charge on any atom is -0.354 e. The fourth-order valence-electron chi connectivity index (χ4n) is 2.17. The normalized spacial score (nSPS) is 19.9. The smallest absolute Gasteiger partial charge is 0.231 e. The number of hydrogen-bond donors (Lipinski definition) is 1. The molecule has 18 heavy (non-hydrogen) atoms. The fraction of sp³-hybridized carbons (Fsp3) is 0.750. The lowest BCUT2D eigenvalue weighted by molar-refractivity contribution is 0.442. The molecule has 1 N–H and O–H groups in total. The van der Waals surface area contributed by atoms with Crippen molar-refractivity contribution in [2.75, 3.05) is 29.9 Å². The van der Waals surface area contributed by atoms with Crippen LogP contribution in [-0.2, 0) is 0 Å². The standard InChI is InChI=1S/C12H20ClN5/c1-3-6-14-11-15-10(13)16-12(17-11)18-7-4-5-9(2)8-18/h9H,3-8H2,1-2H3,(H,14,15,16,17). The zero-order valence-electron chi connectivity index (χ0n) is 11.0. The van der Waals surface area contributed by atoms with E-state index in [1.807, 2.05) is 0 Å². The number of nitrogens with zero attached hydrogens (tertiary/aromatic N) is 4. The van der Waals surface area contributed by atoms with Crippen LogP contribution < -0.4 is 10.2 Å². The average molecular weight is 270 g/mol. The van der Waals surface area contributed by atoms with Gasteiger partial charge in [0.05, 0.1) is 0 Å². The third-order valence-electron chi connectivity index (χ3n) is 3.07. The maximum atomic E-state index is 5.96.